The summed E-state index contributed by atoms with van der Waals surface area (Å²) in [5.74, 6) is 1.35. The second-order valence-electron chi connectivity index (χ2n) is 7.64. The summed E-state index contributed by atoms with van der Waals surface area (Å²) < 4.78 is 0. The molecular formula is C19H36ClN3O2. The highest BCUT2D eigenvalue weighted by molar-refractivity contribution is 5.85. The van der Waals surface area contributed by atoms with E-state index in [-0.39, 0.29) is 24.2 Å². The molecule has 0 radical (unpaired) electrons. The van der Waals surface area contributed by atoms with Crippen LogP contribution < -0.4 is 5.73 Å². The number of hydrogen-bond acceptors (Lipinski definition) is 3. The lowest BCUT2D eigenvalue weighted by atomic mass is 9.92. The lowest BCUT2D eigenvalue weighted by Gasteiger charge is -2.37. The Kier molecular flexibility index (Phi) is 10.4. The highest BCUT2D eigenvalue weighted by Crippen LogP contribution is 2.24. The average molecular weight is 374 g/mol. The van der Waals surface area contributed by atoms with Gasteiger partial charge in [0, 0.05) is 38.5 Å². The minimum Gasteiger partial charge on any atom is -0.343 e. The lowest BCUT2D eigenvalue weighted by Crippen LogP contribution is -2.46. The number of amides is 2. The molecule has 2 rings (SSSR count). The van der Waals surface area contributed by atoms with E-state index in [1.165, 1.54) is 6.42 Å². The summed E-state index contributed by atoms with van der Waals surface area (Å²) in [5, 5.41) is 0. The molecule has 25 heavy (non-hydrogen) atoms. The van der Waals surface area contributed by atoms with Crippen LogP contribution in [0.2, 0.25) is 0 Å². The van der Waals surface area contributed by atoms with Crippen LogP contribution in [-0.4, -0.2) is 54.3 Å². The Morgan fingerprint density at radius 2 is 1.64 bits per heavy atom. The van der Waals surface area contributed by atoms with Crippen molar-refractivity contribution in [1.29, 1.82) is 0 Å². The molecule has 6 heteroatoms. The van der Waals surface area contributed by atoms with Crippen molar-refractivity contribution < 1.29 is 9.59 Å². The van der Waals surface area contributed by atoms with Gasteiger partial charge in [-0.15, -0.1) is 12.4 Å². The largest absolute Gasteiger partial charge is 0.343 e. The van der Waals surface area contributed by atoms with Crippen LogP contribution in [0.1, 0.15) is 64.7 Å². The number of likely N-dealkylation sites (tertiary alicyclic amines) is 2. The molecule has 0 bridgehead atoms. The van der Waals surface area contributed by atoms with Gasteiger partial charge in [0.1, 0.15) is 0 Å². The van der Waals surface area contributed by atoms with E-state index in [0.717, 1.165) is 77.7 Å². The van der Waals surface area contributed by atoms with Crippen LogP contribution in [0.5, 0.6) is 0 Å². The third-order valence-electron chi connectivity index (χ3n) is 5.51. The molecule has 146 valence electrons. The van der Waals surface area contributed by atoms with E-state index in [0.29, 0.717) is 18.2 Å². The summed E-state index contributed by atoms with van der Waals surface area (Å²) in [6.45, 7) is 6.31. The molecule has 0 saturated carbocycles. The maximum atomic E-state index is 12.7. The van der Waals surface area contributed by atoms with Crippen LogP contribution in [0.15, 0.2) is 0 Å². The number of halogens is 1. The number of nitrogens with zero attached hydrogens (tertiary/aromatic N) is 2. The standard InChI is InChI=1S/C19H35N3O2.ClH/c1-16-7-6-12-22(15-16)19(24)17-9-13-21(14-10-17)18(23)8-4-2-3-5-11-20;/h16-17H,2-15,20H2,1H3;1H. The molecule has 0 aliphatic carbocycles. The molecule has 2 fully saturated rings. The number of nitrogens with two attached hydrogens (primary N) is 1. The van der Waals surface area contributed by atoms with E-state index < -0.39 is 0 Å². The van der Waals surface area contributed by atoms with Crippen molar-refractivity contribution in [3.05, 3.63) is 0 Å². The van der Waals surface area contributed by atoms with Gasteiger partial charge in [-0.25, -0.2) is 0 Å². The minimum atomic E-state index is 0. The zero-order valence-electron chi connectivity index (χ0n) is 15.8. The van der Waals surface area contributed by atoms with Crippen LogP contribution in [0, 0.1) is 11.8 Å². The van der Waals surface area contributed by atoms with Crippen LogP contribution in [0.4, 0.5) is 0 Å². The van der Waals surface area contributed by atoms with Crippen LogP contribution in [-0.2, 0) is 9.59 Å². The molecule has 2 N–H and O–H groups in total. The van der Waals surface area contributed by atoms with Gasteiger partial charge in [0.25, 0.3) is 0 Å². The van der Waals surface area contributed by atoms with Gasteiger partial charge in [0.15, 0.2) is 0 Å². The summed E-state index contributed by atoms with van der Waals surface area (Å²) in [5.41, 5.74) is 5.48. The van der Waals surface area contributed by atoms with Crippen molar-refractivity contribution in [3.63, 3.8) is 0 Å². The molecule has 0 aromatic carbocycles. The van der Waals surface area contributed by atoms with Gasteiger partial charge in [-0.05, 0) is 51.0 Å². The SMILES string of the molecule is CC1CCCN(C(=O)C2CCN(C(=O)CCCCCCN)CC2)C1.Cl. The summed E-state index contributed by atoms with van der Waals surface area (Å²) in [6, 6.07) is 0. The van der Waals surface area contributed by atoms with Crippen LogP contribution in [0.25, 0.3) is 0 Å². The summed E-state index contributed by atoms with van der Waals surface area (Å²) >= 11 is 0. The molecule has 1 atom stereocenters. The van der Waals surface area contributed by atoms with Crippen molar-refractivity contribution in [3.8, 4) is 0 Å². The van der Waals surface area contributed by atoms with E-state index in [9.17, 15) is 9.59 Å². The first-order valence-electron chi connectivity index (χ1n) is 9.88. The highest BCUT2D eigenvalue weighted by atomic mass is 35.5. The predicted octanol–water partition coefficient (Wildman–Crippen LogP) is 2.81. The number of carbonyl (C=O) groups excluding carboxylic acids is 2. The first-order valence-corrected chi connectivity index (χ1v) is 9.88. The molecule has 2 amide bonds. The molecule has 0 aromatic heterocycles. The molecule has 0 spiro atoms. The normalized spacial score (nSPS) is 21.8. The Labute approximate surface area is 159 Å². The van der Waals surface area contributed by atoms with Crippen molar-refractivity contribution in [2.75, 3.05) is 32.7 Å². The van der Waals surface area contributed by atoms with E-state index in [1.807, 2.05) is 4.90 Å². The van der Waals surface area contributed by atoms with Gasteiger partial charge >= 0.3 is 0 Å². The highest BCUT2D eigenvalue weighted by Gasteiger charge is 2.31. The van der Waals surface area contributed by atoms with Gasteiger partial charge in [-0.2, -0.15) is 0 Å². The monoisotopic (exact) mass is 373 g/mol. The topological polar surface area (TPSA) is 66.6 Å². The fraction of sp³-hybridized carbons (Fsp3) is 0.895. The van der Waals surface area contributed by atoms with E-state index in [4.69, 9.17) is 5.73 Å². The van der Waals surface area contributed by atoms with Crippen molar-refractivity contribution in [2.24, 2.45) is 17.6 Å². The number of piperidine rings is 2. The Morgan fingerprint density at radius 1 is 0.960 bits per heavy atom. The zero-order valence-corrected chi connectivity index (χ0v) is 16.6. The second-order valence-corrected chi connectivity index (χ2v) is 7.64. The van der Waals surface area contributed by atoms with E-state index >= 15 is 0 Å². The van der Waals surface area contributed by atoms with E-state index in [1.54, 1.807) is 0 Å². The number of hydrogen-bond donors (Lipinski definition) is 1. The van der Waals surface area contributed by atoms with Crippen molar-refractivity contribution in [1.82, 2.24) is 9.80 Å². The predicted molar refractivity (Wildman–Crippen MR) is 104 cm³/mol. The van der Waals surface area contributed by atoms with Crippen molar-refractivity contribution >= 4 is 24.2 Å². The fourth-order valence-corrected chi connectivity index (χ4v) is 3.96. The number of unbranched alkanes of at least 4 members (excludes halogenated alkanes) is 3. The maximum absolute atomic E-state index is 12.7. The second kappa shape index (κ2) is 11.7. The number of carbonyl (C=O) groups is 2. The first-order chi connectivity index (χ1) is 11.6. The van der Waals surface area contributed by atoms with Crippen molar-refractivity contribution in [2.45, 2.75) is 64.7 Å². The van der Waals surface area contributed by atoms with Gasteiger partial charge in [0.05, 0.1) is 0 Å². The smallest absolute Gasteiger partial charge is 0.225 e. The third-order valence-corrected chi connectivity index (χ3v) is 5.51. The first kappa shape index (κ1) is 22.2. The quantitative estimate of drug-likeness (QED) is 0.698. The van der Waals surface area contributed by atoms with Gasteiger partial charge in [-0.3, -0.25) is 9.59 Å². The molecule has 5 nitrogen and oxygen atoms in total. The average Bonchev–Trinajstić information content (AvgIpc) is 2.61. The molecule has 0 aromatic rings. The lowest BCUT2D eigenvalue weighted by molar-refractivity contribution is -0.142. The van der Waals surface area contributed by atoms with Gasteiger partial charge < -0.3 is 15.5 Å². The Morgan fingerprint density at radius 3 is 2.28 bits per heavy atom. The number of rotatable bonds is 7. The zero-order chi connectivity index (χ0) is 17.4. The Bertz CT molecular complexity index is 411. The Hall–Kier alpha value is -0.810. The summed E-state index contributed by atoms with van der Waals surface area (Å²) in [7, 11) is 0. The maximum Gasteiger partial charge on any atom is 0.225 e. The molecule has 2 aliphatic rings. The summed E-state index contributed by atoms with van der Waals surface area (Å²) in [6.07, 6.45) is 8.91. The minimum absolute atomic E-state index is 0. The fourth-order valence-electron chi connectivity index (χ4n) is 3.96. The van der Waals surface area contributed by atoms with Crippen LogP contribution in [0.3, 0.4) is 0 Å². The molecule has 2 heterocycles. The van der Waals surface area contributed by atoms with Gasteiger partial charge in [0.2, 0.25) is 11.8 Å². The Balaban J connectivity index is 0.00000312. The molecule has 2 aliphatic heterocycles. The molecular weight excluding hydrogens is 338 g/mol. The third kappa shape index (κ3) is 7.14. The molecule has 2 saturated heterocycles. The molecule has 1 unspecified atom stereocenters. The van der Waals surface area contributed by atoms with Crippen LogP contribution >= 0.6 is 12.4 Å². The van der Waals surface area contributed by atoms with E-state index in [2.05, 4.69) is 11.8 Å². The summed E-state index contributed by atoms with van der Waals surface area (Å²) in [4.78, 5) is 28.9. The van der Waals surface area contributed by atoms with Gasteiger partial charge in [-0.1, -0.05) is 19.8 Å².